The quantitative estimate of drug-likeness (QED) is 0.508. The second kappa shape index (κ2) is 8.34. The van der Waals surface area contributed by atoms with Gasteiger partial charge in [0.1, 0.15) is 10.8 Å². The van der Waals surface area contributed by atoms with Gasteiger partial charge in [0.15, 0.2) is 24.3 Å². The number of thioether (sulfide) groups is 1. The standard InChI is InChI=1S/C14H13F3N2O3S2/c1-8-13(23-2)18-12(19(8)24-17)11(21-7-20)9-4-3-5-10(6-9)22-14(15)16/h3-7,11,14H,1-2H3. The summed E-state index contributed by atoms with van der Waals surface area (Å²) in [5.74, 6) is 0.0282. The first-order chi connectivity index (χ1) is 11.5. The molecule has 0 aliphatic rings. The molecule has 1 atom stereocenters. The van der Waals surface area contributed by atoms with Crippen LogP contribution in [0.5, 0.6) is 5.75 Å². The fraction of sp³-hybridized carbons (Fsp3) is 0.286. The molecular formula is C14H13F3N2O3S2. The van der Waals surface area contributed by atoms with Crippen LogP contribution in [-0.2, 0) is 9.53 Å². The Labute approximate surface area is 145 Å². The summed E-state index contributed by atoms with van der Waals surface area (Å²) in [6.45, 7) is -1.12. The van der Waals surface area contributed by atoms with Crippen molar-refractivity contribution in [2.75, 3.05) is 6.26 Å². The predicted octanol–water partition coefficient (Wildman–Crippen LogP) is 4.16. The number of halogens is 3. The highest BCUT2D eigenvalue weighted by Crippen LogP contribution is 2.34. The number of hydrogen-bond acceptors (Lipinski definition) is 6. The van der Waals surface area contributed by atoms with Crippen molar-refractivity contribution in [3.8, 4) is 5.75 Å². The van der Waals surface area contributed by atoms with Crippen LogP contribution in [0.3, 0.4) is 0 Å². The van der Waals surface area contributed by atoms with E-state index in [0.717, 1.165) is 0 Å². The van der Waals surface area contributed by atoms with Crippen LogP contribution >= 0.6 is 24.1 Å². The maximum atomic E-state index is 13.3. The Morgan fingerprint density at radius 2 is 2.12 bits per heavy atom. The molecule has 0 fully saturated rings. The highest BCUT2D eigenvalue weighted by Gasteiger charge is 2.26. The predicted molar refractivity (Wildman–Crippen MR) is 84.9 cm³/mol. The van der Waals surface area contributed by atoms with E-state index in [1.165, 1.54) is 33.9 Å². The van der Waals surface area contributed by atoms with Gasteiger partial charge in [-0.3, -0.25) is 4.79 Å². The van der Waals surface area contributed by atoms with Gasteiger partial charge in [-0.2, -0.15) is 8.78 Å². The van der Waals surface area contributed by atoms with Crippen molar-refractivity contribution in [1.29, 1.82) is 0 Å². The van der Waals surface area contributed by atoms with Gasteiger partial charge >= 0.3 is 6.61 Å². The van der Waals surface area contributed by atoms with Crippen LogP contribution in [-0.4, -0.2) is 28.3 Å². The first kappa shape index (κ1) is 18.5. The molecule has 0 N–H and O–H groups in total. The Morgan fingerprint density at radius 3 is 2.71 bits per heavy atom. The summed E-state index contributed by atoms with van der Waals surface area (Å²) in [6.07, 6.45) is 0.713. The van der Waals surface area contributed by atoms with Crippen molar-refractivity contribution in [2.45, 2.75) is 24.7 Å². The summed E-state index contributed by atoms with van der Waals surface area (Å²) in [6, 6.07) is 5.63. The number of imidazole rings is 1. The fourth-order valence-electron chi connectivity index (χ4n) is 2.13. The van der Waals surface area contributed by atoms with Gasteiger partial charge in [0.2, 0.25) is 0 Å². The van der Waals surface area contributed by atoms with Gasteiger partial charge < -0.3 is 9.47 Å². The second-order valence-corrected chi connectivity index (χ2v) is 5.79. The van der Waals surface area contributed by atoms with Crippen molar-refractivity contribution < 1.29 is 26.9 Å². The van der Waals surface area contributed by atoms with Crippen LogP contribution in [0, 0.1) is 6.92 Å². The number of ether oxygens (including phenoxy) is 2. The summed E-state index contributed by atoms with van der Waals surface area (Å²) in [4.78, 5) is 15.1. The normalized spacial score (nSPS) is 12.2. The van der Waals surface area contributed by atoms with E-state index in [0.29, 0.717) is 16.3 Å². The number of carbonyl (C=O) groups excluding carboxylic acids is 1. The number of hydrogen-bond donors (Lipinski definition) is 0. The van der Waals surface area contributed by atoms with Crippen molar-refractivity contribution in [2.24, 2.45) is 0 Å². The average molecular weight is 378 g/mol. The summed E-state index contributed by atoms with van der Waals surface area (Å²) >= 11 is 1.22. The van der Waals surface area contributed by atoms with Gasteiger partial charge in [0.25, 0.3) is 6.47 Å². The number of alkyl halides is 2. The van der Waals surface area contributed by atoms with E-state index in [9.17, 15) is 17.5 Å². The Hall–Kier alpha value is -1.81. The molecule has 0 aliphatic heterocycles. The molecule has 0 saturated carbocycles. The topological polar surface area (TPSA) is 53.4 Å². The molecule has 0 spiro atoms. The highest BCUT2D eigenvalue weighted by atomic mass is 32.2. The van der Waals surface area contributed by atoms with Crippen molar-refractivity contribution >= 4 is 30.6 Å². The van der Waals surface area contributed by atoms with Crippen LogP contribution < -0.4 is 4.74 Å². The van der Waals surface area contributed by atoms with Crippen LogP contribution in [0.25, 0.3) is 0 Å². The van der Waals surface area contributed by atoms with Crippen molar-refractivity contribution in [3.63, 3.8) is 0 Å². The molecule has 0 saturated heterocycles. The molecule has 10 heteroatoms. The summed E-state index contributed by atoms with van der Waals surface area (Å²) < 4.78 is 48.6. The molecule has 1 heterocycles. The van der Waals surface area contributed by atoms with Gasteiger partial charge in [-0.25, -0.2) is 8.96 Å². The maximum Gasteiger partial charge on any atom is 0.387 e. The molecule has 2 aromatic rings. The zero-order valence-electron chi connectivity index (χ0n) is 12.6. The zero-order chi connectivity index (χ0) is 17.7. The van der Waals surface area contributed by atoms with Crippen LogP contribution in [0.1, 0.15) is 23.2 Å². The molecule has 0 bridgehead atoms. The molecule has 130 valence electrons. The van der Waals surface area contributed by atoms with Gasteiger partial charge in [0.05, 0.1) is 5.69 Å². The minimum atomic E-state index is -2.99. The van der Waals surface area contributed by atoms with Crippen molar-refractivity contribution in [1.82, 2.24) is 8.96 Å². The molecule has 0 aliphatic carbocycles. The molecule has 2 rings (SSSR count). The monoisotopic (exact) mass is 378 g/mol. The lowest BCUT2D eigenvalue weighted by Gasteiger charge is -2.16. The molecule has 24 heavy (non-hydrogen) atoms. The number of rotatable bonds is 8. The highest BCUT2D eigenvalue weighted by molar-refractivity contribution is 7.98. The Bertz CT molecular complexity index is 713. The van der Waals surface area contributed by atoms with E-state index >= 15 is 0 Å². The van der Waals surface area contributed by atoms with Gasteiger partial charge in [-0.05, 0) is 25.3 Å². The van der Waals surface area contributed by atoms with E-state index < -0.39 is 12.7 Å². The minimum absolute atomic E-state index is 0.0844. The maximum absolute atomic E-state index is 13.3. The van der Waals surface area contributed by atoms with E-state index in [-0.39, 0.29) is 30.4 Å². The number of aromatic nitrogens is 2. The Kier molecular flexibility index (Phi) is 6.44. The van der Waals surface area contributed by atoms with Crippen LogP contribution in [0.4, 0.5) is 12.7 Å². The number of carbonyl (C=O) groups is 1. The molecule has 1 unspecified atom stereocenters. The molecule has 0 radical (unpaired) electrons. The summed E-state index contributed by atoms with van der Waals surface area (Å²) in [5, 5.41) is 0.564. The van der Waals surface area contributed by atoms with Crippen LogP contribution in [0.2, 0.25) is 0 Å². The SMILES string of the molecule is CSc1nc(C(OC=O)c2cccc(OC(F)F)c2)n(SF)c1C. The zero-order valence-corrected chi connectivity index (χ0v) is 14.2. The van der Waals surface area contributed by atoms with E-state index in [2.05, 4.69) is 9.72 Å². The first-order valence-corrected chi connectivity index (χ1v) is 8.47. The largest absolute Gasteiger partial charge is 0.451 e. The van der Waals surface area contributed by atoms with Gasteiger partial charge in [-0.15, -0.1) is 15.6 Å². The Balaban J connectivity index is 2.49. The minimum Gasteiger partial charge on any atom is -0.451 e. The van der Waals surface area contributed by atoms with Gasteiger partial charge in [0, 0.05) is 5.56 Å². The molecule has 1 aromatic carbocycles. The summed E-state index contributed by atoms with van der Waals surface area (Å²) in [5.41, 5.74) is 0.873. The van der Waals surface area contributed by atoms with Crippen molar-refractivity contribution in [3.05, 3.63) is 41.3 Å². The second-order valence-electron chi connectivity index (χ2n) is 4.49. The van der Waals surface area contributed by atoms with E-state index in [1.54, 1.807) is 19.2 Å². The van der Waals surface area contributed by atoms with E-state index in [4.69, 9.17) is 4.74 Å². The molecule has 5 nitrogen and oxygen atoms in total. The Morgan fingerprint density at radius 1 is 1.38 bits per heavy atom. The lowest BCUT2D eigenvalue weighted by atomic mass is 10.1. The third kappa shape index (κ3) is 3.99. The lowest BCUT2D eigenvalue weighted by Crippen LogP contribution is -2.11. The average Bonchev–Trinajstić information content (AvgIpc) is 2.87. The van der Waals surface area contributed by atoms with Gasteiger partial charge in [-0.1, -0.05) is 12.1 Å². The lowest BCUT2D eigenvalue weighted by molar-refractivity contribution is -0.132. The molecular weight excluding hydrogens is 365 g/mol. The molecule has 0 amide bonds. The first-order valence-electron chi connectivity index (χ1n) is 6.58. The smallest absolute Gasteiger partial charge is 0.387 e. The third-order valence-corrected chi connectivity index (χ3v) is 4.49. The number of nitrogens with zero attached hydrogens (tertiary/aromatic N) is 2. The summed E-state index contributed by atoms with van der Waals surface area (Å²) in [7, 11) is 0. The third-order valence-electron chi connectivity index (χ3n) is 3.11. The number of benzene rings is 1. The fourth-order valence-corrected chi connectivity index (χ4v) is 3.16. The van der Waals surface area contributed by atoms with Crippen LogP contribution in [0.15, 0.2) is 29.3 Å². The molecule has 1 aromatic heterocycles. The van der Waals surface area contributed by atoms with E-state index in [1.807, 2.05) is 0 Å².